The van der Waals surface area contributed by atoms with Crippen molar-refractivity contribution in [3.63, 3.8) is 0 Å². The van der Waals surface area contributed by atoms with Crippen LogP contribution in [0, 0.1) is 6.92 Å². The lowest BCUT2D eigenvalue weighted by molar-refractivity contribution is 0.0937. The molecule has 0 atom stereocenters. The SMILES string of the molecule is CCNc1ccc(C(=O)NCCOC)cc1C. The van der Waals surface area contributed by atoms with Gasteiger partial charge in [-0.2, -0.15) is 0 Å². The third kappa shape index (κ3) is 4.07. The van der Waals surface area contributed by atoms with E-state index in [0.717, 1.165) is 17.8 Å². The fourth-order valence-corrected chi connectivity index (χ4v) is 1.56. The van der Waals surface area contributed by atoms with Crippen molar-refractivity contribution < 1.29 is 9.53 Å². The number of nitrogens with one attached hydrogen (secondary N) is 2. The summed E-state index contributed by atoms with van der Waals surface area (Å²) in [6.07, 6.45) is 0. The van der Waals surface area contributed by atoms with Gasteiger partial charge in [-0.3, -0.25) is 4.79 Å². The number of hydrogen-bond acceptors (Lipinski definition) is 3. The Morgan fingerprint density at radius 2 is 2.18 bits per heavy atom. The summed E-state index contributed by atoms with van der Waals surface area (Å²) >= 11 is 0. The van der Waals surface area contributed by atoms with E-state index in [0.29, 0.717) is 18.7 Å². The Balaban J connectivity index is 2.65. The van der Waals surface area contributed by atoms with Crippen LogP contribution in [0.25, 0.3) is 0 Å². The molecule has 17 heavy (non-hydrogen) atoms. The maximum Gasteiger partial charge on any atom is 0.251 e. The monoisotopic (exact) mass is 236 g/mol. The maximum absolute atomic E-state index is 11.8. The summed E-state index contributed by atoms with van der Waals surface area (Å²) in [6, 6.07) is 5.65. The van der Waals surface area contributed by atoms with Gasteiger partial charge in [-0.05, 0) is 37.6 Å². The Morgan fingerprint density at radius 1 is 1.41 bits per heavy atom. The van der Waals surface area contributed by atoms with Crippen LogP contribution in [0.4, 0.5) is 5.69 Å². The van der Waals surface area contributed by atoms with Crippen LogP contribution in [0.1, 0.15) is 22.8 Å². The van der Waals surface area contributed by atoms with E-state index in [1.54, 1.807) is 7.11 Å². The summed E-state index contributed by atoms with van der Waals surface area (Å²) in [5, 5.41) is 6.04. The molecule has 0 aliphatic carbocycles. The van der Waals surface area contributed by atoms with Crippen molar-refractivity contribution in [3.05, 3.63) is 29.3 Å². The molecule has 0 unspecified atom stereocenters. The van der Waals surface area contributed by atoms with Crippen molar-refractivity contribution in [1.82, 2.24) is 5.32 Å². The van der Waals surface area contributed by atoms with Gasteiger partial charge in [-0.1, -0.05) is 0 Å². The number of benzene rings is 1. The van der Waals surface area contributed by atoms with Crippen LogP contribution in [0.2, 0.25) is 0 Å². The van der Waals surface area contributed by atoms with E-state index in [1.807, 2.05) is 32.0 Å². The first-order valence-corrected chi connectivity index (χ1v) is 5.80. The summed E-state index contributed by atoms with van der Waals surface area (Å²) in [4.78, 5) is 11.8. The van der Waals surface area contributed by atoms with Crippen molar-refractivity contribution >= 4 is 11.6 Å². The summed E-state index contributed by atoms with van der Waals surface area (Å²) in [6.45, 7) is 5.97. The number of rotatable bonds is 6. The summed E-state index contributed by atoms with van der Waals surface area (Å²) in [5.41, 5.74) is 2.83. The minimum absolute atomic E-state index is 0.0619. The largest absolute Gasteiger partial charge is 0.385 e. The minimum Gasteiger partial charge on any atom is -0.385 e. The molecule has 0 fully saturated rings. The second kappa shape index (κ2) is 6.91. The van der Waals surface area contributed by atoms with Crippen LogP contribution in [0.3, 0.4) is 0 Å². The van der Waals surface area contributed by atoms with Gasteiger partial charge in [0.25, 0.3) is 5.91 Å². The number of aryl methyl sites for hydroxylation is 1. The molecule has 4 heteroatoms. The molecule has 0 aliphatic rings. The van der Waals surface area contributed by atoms with Gasteiger partial charge in [0, 0.05) is 31.5 Å². The van der Waals surface area contributed by atoms with E-state index in [-0.39, 0.29) is 5.91 Å². The highest BCUT2D eigenvalue weighted by molar-refractivity contribution is 5.94. The topological polar surface area (TPSA) is 50.4 Å². The first-order chi connectivity index (χ1) is 8.19. The van der Waals surface area contributed by atoms with Crippen LogP contribution in [0.15, 0.2) is 18.2 Å². The van der Waals surface area contributed by atoms with Crippen molar-refractivity contribution in [3.8, 4) is 0 Å². The molecule has 0 aliphatic heterocycles. The van der Waals surface area contributed by atoms with E-state index in [1.165, 1.54) is 0 Å². The molecule has 0 spiro atoms. The van der Waals surface area contributed by atoms with Gasteiger partial charge < -0.3 is 15.4 Å². The average molecular weight is 236 g/mol. The van der Waals surface area contributed by atoms with Gasteiger partial charge in [0.2, 0.25) is 0 Å². The normalized spacial score (nSPS) is 10.1. The fraction of sp³-hybridized carbons (Fsp3) is 0.462. The number of methoxy groups -OCH3 is 1. The average Bonchev–Trinajstić information content (AvgIpc) is 2.32. The molecule has 0 aromatic heterocycles. The molecule has 4 nitrogen and oxygen atoms in total. The van der Waals surface area contributed by atoms with Crippen molar-refractivity contribution in [1.29, 1.82) is 0 Å². The molecule has 0 heterocycles. The van der Waals surface area contributed by atoms with Crippen molar-refractivity contribution in [2.24, 2.45) is 0 Å². The zero-order valence-electron chi connectivity index (χ0n) is 10.7. The predicted octanol–water partition coefficient (Wildman–Crippen LogP) is 1.80. The Labute approximate surface area is 102 Å². The molecule has 94 valence electrons. The van der Waals surface area contributed by atoms with Crippen LogP contribution >= 0.6 is 0 Å². The van der Waals surface area contributed by atoms with Crippen molar-refractivity contribution in [2.45, 2.75) is 13.8 Å². The Hall–Kier alpha value is -1.55. The van der Waals surface area contributed by atoms with Gasteiger partial charge >= 0.3 is 0 Å². The molecule has 0 saturated carbocycles. The highest BCUT2D eigenvalue weighted by Gasteiger charge is 2.06. The first kappa shape index (κ1) is 13.5. The van der Waals surface area contributed by atoms with Crippen LogP contribution in [-0.4, -0.2) is 32.7 Å². The van der Waals surface area contributed by atoms with Crippen molar-refractivity contribution in [2.75, 3.05) is 32.1 Å². The summed E-state index contributed by atoms with van der Waals surface area (Å²) in [5.74, 6) is -0.0619. The van der Waals surface area contributed by atoms with E-state index in [2.05, 4.69) is 10.6 Å². The summed E-state index contributed by atoms with van der Waals surface area (Å²) < 4.78 is 4.88. The number of amides is 1. The Kier molecular flexibility index (Phi) is 5.49. The van der Waals surface area contributed by atoms with E-state index in [9.17, 15) is 4.79 Å². The zero-order valence-corrected chi connectivity index (χ0v) is 10.7. The number of ether oxygens (including phenoxy) is 1. The lowest BCUT2D eigenvalue weighted by Crippen LogP contribution is -2.27. The Morgan fingerprint density at radius 3 is 2.76 bits per heavy atom. The smallest absolute Gasteiger partial charge is 0.251 e. The second-order valence-electron chi connectivity index (χ2n) is 3.81. The third-order valence-electron chi connectivity index (χ3n) is 2.45. The number of carbonyl (C=O) groups is 1. The molecule has 0 radical (unpaired) electrons. The highest BCUT2D eigenvalue weighted by Crippen LogP contribution is 2.16. The van der Waals surface area contributed by atoms with Gasteiger partial charge in [0.05, 0.1) is 6.61 Å². The van der Waals surface area contributed by atoms with Gasteiger partial charge in [0.15, 0.2) is 0 Å². The highest BCUT2D eigenvalue weighted by atomic mass is 16.5. The fourth-order valence-electron chi connectivity index (χ4n) is 1.56. The van der Waals surface area contributed by atoms with Gasteiger partial charge in [0.1, 0.15) is 0 Å². The minimum atomic E-state index is -0.0619. The quantitative estimate of drug-likeness (QED) is 0.741. The molecular weight excluding hydrogens is 216 g/mol. The Bertz CT molecular complexity index is 378. The molecule has 1 amide bonds. The molecular formula is C13H20N2O2. The molecule has 0 saturated heterocycles. The van der Waals surface area contributed by atoms with E-state index < -0.39 is 0 Å². The number of hydrogen-bond donors (Lipinski definition) is 2. The lowest BCUT2D eigenvalue weighted by Gasteiger charge is -2.09. The maximum atomic E-state index is 11.8. The molecule has 1 rings (SSSR count). The van der Waals surface area contributed by atoms with Crippen LogP contribution in [0.5, 0.6) is 0 Å². The third-order valence-corrected chi connectivity index (χ3v) is 2.45. The molecule has 2 N–H and O–H groups in total. The lowest BCUT2D eigenvalue weighted by atomic mass is 10.1. The predicted molar refractivity (Wildman–Crippen MR) is 69.6 cm³/mol. The molecule has 0 bridgehead atoms. The van der Waals surface area contributed by atoms with Crippen LogP contribution in [-0.2, 0) is 4.74 Å². The molecule has 1 aromatic carbocycles. The van der Waals surface area contributed by atoms with Gasteiger partial charge in [-0.15, -0.1) is 0 Å². The number of carbonyl (C=O) groups excluding carboxylic acids is 1. The standard InChI is InChI=1S/C13H20N2O2/c1-4-14-12-6-5-11(9-10(12)2)13(16)15-7-8-17-3/h5-6,9,14H,4,7-8H2,1-3H3,(H,15,16). The van der Waals surface area contributed by atoms with E-state index >= 15 is 0 Å². The number of anilines is 1. The van der Waals surface area contributed by atoms with Crippen LogP contribution < -0.4 is 10.6 Å². The molecule has 1 aromatic rings. The zero-order chi connectivity index (χ0) is 12.7. The van der Waals surface area contributed by atoms with E-state index in [4.69, 9.17) is 4.74 Å². The van der Waals surface area contributed by atoms with Gasteiger partial charge in [-0.25, -0.2) is 0 Å². The first-order valence-electron chi connectivity index (χ1n) is 5.80. The second-order valence-corrected chi connectivity index (χ2v) is 3.81. The summed E-state index contributed by atoms with van der Waals surface area (Å²) in [7, 11) is 1.61.